The van der Waals surface area contributed by atoms with Crippen molar-refractivity contribution in [1.29, 1.82) is 0 Å². The van der Waals surface area contributed by atoms with Crippen LogP contribution in [0.25, 0.3) is 0 Å². The van der Waals surface area contributed by atoms with Crippen LogP contribution >= 0.6 is 15.9 Å². The van der Waals surface area contributed by atoms with Gasteiger partial charge in [0.05, 0.1) is 11.3 Å². The fraction of sp³-hybridized carbons (Fsp3) is 0.438. The minimum atomic E-state index is -1.42. The highest BCUT2D eigenvalue weighted by molar-refractivity contribution is 9.10. The van der Waals surface area contributed by atoms with E-state index in [9.17, 15) is 9.90 Å². The number of benzene rings is 1. The van der Waals surface area contributed by atoms with Crippen LogP contribution in [-0.2, 0) is 4.79 Å². The third kappa shape index (κ3) is 4.99. The second-order valence-corrected chi connectivity index (χ2v) is 5.94. The van der Waals surface area contributed by atoms with Crippen LogP contribution in [0.1, 0.15) is 45.6 Å². The molecule has 0 aliphatic rings. The van der Waals surface area contributed by atoms with E-state index in [-0.39, 0.29) is 0 Å². The molecule has 20 heavy (non-hydrogen) atoms. The molecular weight excluding hydrogens is 318 g/mol. The number of hydrogen-bond acceptors (Lipinski definition) is 2. The summed E-state index contributed by atoms with van der Waals surface area (Å²) in [6.45, 7) is 5.02. The number of carbonyl (C=O) groups is 1. The zero-order chi connectivity index (χ0) is 15.2. The maximum Gasteiger partial charge on any atom is 0.255 e. The molecule has 4 heteroatoms. The average molecular weight is 338 g/mol. The molecule has 2 N–H and O–H groups in total. The standard InChI is InChI=1S/C16H20BrNO2/c1-4-5-6-7-9-12-13(17)10-8-11-14(12)18-15(19)16(2,3)20/h8,10-11,20H,4-6H2,1-3H3,(H,18,19). The van der Waals surface area contributed by atoms with Crippen molar-refractivity contribution in [2.24, 2.45) is 0 Å². The topological polar surface area (TPSA) is 49.3 Å². The predicted octanol–water partition coefficient (Wildman–Crippen LogP) is 3.70. The molecule has 0 heterocycles. The van der Waals surface area contributed by atoms with Gasteiger partial charge in [0, 0.05) is 10.9 Å². The van der Waals surface area contributed by atoms with Gasteiger partial charge < -0.3 is 10.4 Å². The Morgan fingerprint density at radius 2 is 2.15 bits per heavy atom. The molecule has 0 spiro atoms. The van der Waals surface area contributed by atoms with Crippen molar-refractivity contribution in [3.63, 3.8) is 0 Å². The molecule has 1 aromatic carbocycles. The van der Waals surface area contributed by atoms with Crippen LogP contribution in [-0.4, -0.2) is 16.6 Å². The van der Waals surface area contributed by atoms with Crippen LogP contribution in [0.5, 0.6) is 0 Å². The van der Waals surface area contributed by atoms with Gasteiger partial charge >= 0.3 is 0 Å². The molecule has 0 aromatic heterocycles. The molecule has 3 nitrogen and oxygen atoms in total. The Hall–Kier alpha value is -1.31. The molecule has 0 fully saturated rings. The van der Waals surface area contributed by atoms with E-state index in [4.69, 9.17) is 0 Å². The van der Waals surface area contributed by atoms with E-state index in [1.54, 1.807) is 6.07 Å². The molecule has 1 amide bonds. The lowest BCUT2D eigenvalue weighted by atomic mass is 10.1. The second-order valence-electron chi connectivity index (χ2n) is 5.08. The Morgan fingerprint density at radius 1 is 1.45 bits per heavy atom. The second kappa shape index (κ2) is 7.47. The van der Waals surface area contributed by atoms with E-state index in [1.165, 1.54) is 13.8 Å². The summed E-state index contributed by atoms with van der Waals surface area (Å²) in [5.41, 5.74) is -0.0772. The monoisotopic (exact) mass is 337 g/mol. The Kier molecular flexibility index (Phi) is 6.25. The van der Waals surface area contributed by atoms with Gasteiger partial charge in [0.1, 0.15) is 5.60 Å². The third-order valence-electron chi connectivity index (χ3n) is 2.69. The van der Waals surface area contributed by atoms with Crippen LogP contribution in [0.3, 0.4) is 0 Å². The maximum atomic E-state index is 11.8. The molecule has 1 rings (SSSR count). The summed E-state index contributed by atoms with van der Waals surface area (Å²) in [7, 11) is 0. The van der Waals surface area contributed by atoms with Crippen molar-refractivity contribution in [3.05, 3.63) is 28.2 Å². The van der Waals surface area contributed by atoms with Crippen LogP contribution in [0, 0.1) is 11.8 Å². The quantitative estimate of drug-likeness (QED) is 0.650. The number of halogens is 1. The van der Waals surface area contributed by atoms with E-state index < -0.39 is 11.5 Å². The number of hydrogen-bond donors (Lipinski definition) is 2. The Bertz CT molecular complexity index is 536. The third-order valence-corrected chi connectivity index (χ3v) is 3.35. The fourth-order valence-corrected chi connectivity index (χ4v) is 1.91. The van der Waals surface area contributed by atoms with Crippen molar-refractivity contribution in [2.45, 2.75) is 45.6 Å². The highest BCUT2D eigenvalue weighted by atomic mass is 79.9. The molecule has 108 valence electrons. The average Bonchev–Trinajstić information content (AvgIpc) is 2.36. The molecule has 0 aliphatic heterocycles. The van der Waals surface area contributed by atoms with Crippen LogP contribution in [0.4, 0.5) is 5.69 Å². The molecular formula is C16H20BrNO2. The lowest BCUT2D eigenvalue weighted by Gasteiger charge is -2.17. The van der Waals surface area contributed by atoms with Gasteiger partial charge in [0.25, 0.3) is 5.91 Å². The smallest absolute Gasteiger partial charge is 0.255 e. The summed E-state index contributed by atoms with van der Waals surface area (Å²) in [5, 5.41) is 12.4. The van der Waals surface area contributed by atoms with Crippen molar-refractivity contribution in [3.8, 4) is 11.8 Å². The molecule has 0 bridgehead atoms. The fourth-order valence-electron chi connectivity index (χ4n) is 1.45. The number of carbonyl (C=O) groups excluding carboxylic acids is 1. The van der Waals surface area contributed by atoms with E-state index in [2.05, 4.69) is 40.0 Å². The van der Waals surface area contributed by atoms with Crippen LogP contribution < -0.4 is 5.32 Å². The minimum absolute atomic E-state index is 0.452. The van der Waals surface area contributed by atoms with Gasteiger partial charge in [0.15, 0.2) is 0 Å². The van der Waals surface area contributed by atoms with Gasteiger partial charge in [-0.05, 0) is 48.3 Å². The van der Waals surface area contributed by atoms with Crippen molar-refractivity contribution in [1.82, 2.24) is 0 Å². The number of anilines is 1. The van der Waals surface area contributed by atoms with E-state index >= 15 is 0 Å². The lowest BCUT2D eigenvalue weighted by molar-refractivity contribution is -0.130. The SMILES string of the molecule is CCCCC#Cc1c(Br)cccc1NC(=O)C(C)(C)O. The van der Waals surface area contributed by atoms with Crippen LogP contribution in [0.2, 0.25) is 0 Å². The molecule has 0 atom stereocenters. The largest absolute Gasteiger partial charge is 0.381 e. The number of amides is 1. The normalized spacial score (nSPS) is 10.7. The first-order chi connectivity index (χ1) is 9.36. The lowest BCUT2D eigenvalue weighted by Crippen LogP contribution is -2.36. The molecule has 0 saturated heterocycles. The first-order valence-corrected chi connectivity index (χ1v) is 7.46. The minimum Gasteiger partial charge on any atom is -0.381 e. The zero-order valence-corrected chi connectivity index (χ0v) is 13.7. The first-order valence-electron chi connectivity index (χ1n) is 6.67. The zero-order valence-electron chi connectivity index (χ0n) is 12.1. The van der Waals surface area contributed by atoms with E-state index in [0.29, 0.717) is 5.69 Å². The maximum absolute atomic E-state index is 11.8. The van der Waals surface area contributed by atoms with Gasteiger partial charge in [-0.2, -0.15) is 0 Å². The molecule has 0 saturated carbocycles. The number of unbranched alkanes of at least 4 members (excludes halogenated alkanes) is 2. The summed E-state index contributed by atoms with van der Waals surface area (Å²) < 4.78 is 0.829. The summed E-state index contributed by atoms with van der Waals surface area (Å²) in [5.74, 6) is 5.73. The van der Waals surface area contributed by atoms with Crippen LogP contribution in [0.15, 0.2) is 22.7 Å². The predicted molar refractivity (Wildman–Crippen MR) is 85.5 cm³/mol. The summed E-state index contributed by atoms with van der Waals surface area (Å²) in [6.07, 6.45) is 2.99. The molecule has 0 unspecified atom stereocenters. The van der Waals surface area contributed by atoms with Crippen molar-refractivity contribution >= 4 is 27.5 Å². The highest BCUT2D eigenvalue weighted by Crippen LogP contribution is 2.24. The van der Waals surface area contributed by atoms with Gasteiger partial charge in [-0.3, -0.25) is 4.79 Å². The van der Waals surface area contributed by atoms with E-state index in [1.807, 2.05) is 12.1 Å². The number of rotatable bonds is 4. The first kappa shape index (κ1) is 16.7. The number of nitrogens with one attached hydrogen (secondary N) is 1. The summed E-state index contributed by atoms with van der Waals surface area (Å²) in [6, 6.07) is 5.48. The van der Waals surface area contributed by atoms with Crippen molar-refractivity contribution in [2.75, 3.05) is 5.32 Å². The number of aliphatic hydroxyl groups is 1. The van der Waals surface area contributed by atoms with Gasteiger partial charge in [-0.25, -0.2) is 0 Å². The summed E-state index contributed by atoms with van der Waals surface area (Å²) in [4.78, 5) is 11.8. The molecule has 0 radical (unpaired) electrons. The van der Waals surface area contributed by atoms with Gasteiger partial charge in [-0.1, -0.05) is 31.3 Å². The Morgan fingerprint density at radius 3 is 2.75 bits per heavy atom. The molecule has 0 aliphatic carbocycles. The Balaban J connectivity index is 2.99. The molecule has 1 aromatic rings. The van der Waals surface area contributed by atoms with Gasteiger partial charge in [-0.15, -0.1) is 0 Å². The highest BCUT2D eigenvalue weighted by Gasteiger charge is 2.24. The van der Waals surface area contributed by atoms with Crippen molar-refractivity contribution < 1.29 is 9.90 Å². The summed E-state index contributed by atoms with van der Waals surface area (Å²) >= 11 is 3.44. The van der Waals surface area contributed by atoms with E-state index in [0.717, 1.165) is 29.3 Å². The van der Waals surface area contributed by atoms with Gasteiger partial charge in [0.2, 0.25) is 0 Å². The Labute approximate surface area is 128 Å².